The first-order valence-electron chi connectivity index (χ1n) is 14.1. The molecule has 2 amide bonds. The maximum absolute atomic E-state index is 12.3. The molecule has 0 heterocycles. The van der Waals surface area contributed by atoms with Crippen LogP contribution in [-0.4, -0.2) is 47.0 Å². The number of hydrogen-bond acceptors (Lipinski definition) is 5. The minimum Gasteiger partial charge on any atom is -0.383 e. The molecule has 35 heavy (non-hydrogen) atoms. The van der Waals surface area contributed by atoms with Crippen LogP contribution in [-0.2, 0) is 14.4 Å². The van der Waals surface area contributed by atoms with Crippen LogP contribution in [0.1, 0.15) is 118 Å². The van der Waals surface area contributed by atoms with Crippen LogP contribution in [0.2, 0.25) is 0 Å². The molecule has 1 rings (SSSR count). The van der Waals surface area contributed by atoms with Crippen LogP contribution in [0.5, 0.6) is 0 Å². The van der Waals surface area contributed by atoms with E-state index in [0.717, 1.165) is 31.6 Å². The van der Waals surface area contributed by atoms with Crippen molar-refractivity contribution in [1.82, 2.24) is 10.6 Å². The van der Waals surface area contributed by atoms with Crippen molar-refractivity contribution in [2.24, 2.45) is 17.3 Å². The number of aliphatic hydroxyl groups excluding tert-OH is 1. The highest BCUT2D eigenvalue weighted by Crippen LogP contribution is 2.48. The van der Waals surface area contributed by atoms with E-state index < -0.39 is 17.4 Å². The van der Waals surface area contributed by atoms with Crippen molar-refractivity contribution in [1.29, 1.82) is 0 Å². The molecular formula is C28H52N2O4S. The second-order valence-electron chi connectivity index (χ2n) is 10.9. The molecule has 0 aliphatic heterocycles. The van der Waals surface area contributed by atoms with Crippen molar-refractivity contribution in [3.8, 4) is 0 Å². The monoisotopic (exact) mass is 512 g/mol. The summed E-state index contributed by atoms with van der Waals surface area (Å²) in [6.07, 6.45) is 14.1. The lowest BCUT2D eigenvalue weighted by molar-refractivity contribution is -0.135. The smallest absolute Gasteiger partial charge is 0.249 e. The summed E-state index contributed by atoms with van der Waals surface area (Å²) in [4.78, 5) is 36.3. The summed E-state index contributed by atoms with van der Waals surface area (Å²) in [5.41, 5.74) is -0.473. The van der Waals surface area contributed by atoms with Gasteiger partial charge >= 0.3 is 0 Å². The molecule has 3 atom stereocenters. The number of unbranched alkanes of at least 4 members (excludes halogenated alkanes) is 8. The SMILES string of the molecule is CCCCCCCCCCCC(=O)SCCNC(=O)CCNC(=O)C(O)C(C)(C)CC1CC1CC. The molecule has 1 aliphatic carbocycles. The molecule has 0 aromatic carbocycles. The average Bonchev–Trinajstić information content (AvgIpc) is 3.57. The van der Waals surface area contributed by atoms with Crippen molar-refractivity contribution in [2.45, 2.75) is 124 Å². The molecule has 0 bridgehead atoms. The van der Waals surface area contributed by atoms with Crippen molar-refractivity contribution in [3.05, 3.63) is 0 Å². The largest absolute Gasteiger partial charge is 0.383 e. The third-order valence-corrected chi connectivity index (χ3v) is 8.13. The van der Waals surface area contributed by atoms with Gasteiger partial charge in [0.15, 0.2) is 5.12 Å². The highest BCUT2D eigenvalue weighted by atomic mass is 32.2. The fourth-order valence-electron chi connectivity index (χ4n) is 4.69. The molecule has 3 N–H and O–H groups in total. The van der Waals surface area contributed by atoms with Gasteiger partial charge in [-0.15, -0.1) is 0 Å². The topological polar surface area (TPSA) is 95.5 Å². The Morgan fingerprint density at radius 1 is 0.886 bits per heavy atom. The van der Waals surface area contributed by atoms with Crippen LogP contribution in [0.25, 0.3) is 0 Å². The van der Waals surface area contributed by atoms with E-state index in [1.807, 2.05) is 13.8 Å². The minimum absolute atomic E-state index is 0.158. The van der Waals surface area contributed by atoms with E-state index in [0.29, 0.717) is 24.6 Å². The molecule has 1 aliphatic rings. The lowest BCUT2D eigenvalue weighted by Crippen LogP contribution is -2.45. The number of aliphatic hydroxyl groups is 1. The highest BCUT2D eigenvalue weighted by Gasteiger charge is 2.43. The summed E-state index contributed by atoms with van der Waals surface area (Å²) in [6.45, 7) is 8.92. The molecule has 204 valence electrons. The first-order valence-corrected chi connectivity index (χ1v) is 15.1. The molecule has 7 heteroatoms. The second kappa shape index (κ2) is 18.2. The molecule has 6 nitrogen and oxygen atoms in total. The summed E-state index contributed by atoms with van der Waals surface area (Å²) in [5, 5.41) is 16.1. The third-order valence-electron chi connectivity index (χ3n) is 7.19. The van der Waals surface area contributed by atoms with Gasteiger partial charge in [0.25, 0.3) is 0 Å². The van der Waals surface area contributed by atoms with Gasteiger partial charge in [0.1, 0.15) is 6.10 Å². The Labute approximate surface area is 218 Å². The predicted octanol–water partition coefficient (Wildman–Crippen LogP) is 5.61. The fourth-order valence-corrected chi connectivity index (χ4v) is 5.41. The third kappa shape index (κ3) is 14.9. The molecule has 0 saturated heterocycles. The second-order valence-corrected chi connectivity index (χ2v) is 12.1. The molecule has 0 spiro atoms. The van der Waals surface area contributed by atoms with Gasteiger partial charge in [-0.1, -0.05) is 97.2 Å². The Morgan fingerprint density at radius 3 is 2.11 bits per heavy atom. The molecule has 1 fully saturated rings. The number of amides is 2. The molecule has 3 unspecified atom stereocenters. The average molecular weight is 513 g/mol. The van der Waals surface area contributed by atoms with E-state index in [4.69, 9.17) is 0 Å². The number of carbonyl (C=O) groups excluding carboxylic acids is 3. The molecule has 0 radical (unpaired) electrons. The number of nitrogens with one attached hydrogen (secondary N) is 2. The number of thioether (sulfide) groups is 1. The van der Waals surface area contributed by atoms with E-state index in [2.05, 4.69) is 24.5 Å². The van der Waals surface area contributed by atoms with Gasteiger partial charge in [-0.25, -0.2) is 0 Å². The van der Waals surface area contributed by atoms with Crippen molar-refractivity contribution in [2.75, 3.05) is 18.8 Å². The summed E-state index contributed by atoms with van der Waals surface area (Å²) < 4.78 is 0. The Morgan fingerprint density at radius 2 is 1.51 bits per heavy atom. The lowest BCUT2D eigenvalue weighted by atomic mass is 9.80. The molecule has 0 aromatic rings. The Balaban J connectivity index is 2.00. The van der Waals surface area contributed by atoms with Crippen LogP contribution in [0, 0.1) is 17.3 Å². The summed E-state index contributed by atoms with van der Waals surface area (Å²) >= 11 is 1.29. The van der Waals surface area contributed by atoms with Crippen LogP contribution in [0.15, 0.2) is 0 Å². The predicted molar refractivity (Wildman–Crippen MR) is 146 cm³/mol. The Kier molecular flexibility index (Phi) is 16.6. The standard InChI is InChI=1S/C28H52N2O4S/c1-5-7-8-9-10-11-12-13-14-15-25(32)35-19-18-29-24(31)16-17-30-27(34)26(33)28(3,4)21-23-20-22(23)6-2/h22-23,26,33H,5-21H2,1-4H3,(H,29,31)(H,30,34). The lowest BCUT2D eigenvalue weighted by Gasteiger charge is -2.30. The molecule has 1 saturated carbocycles. The zero-order valence-corrected chi connectivity index (χ0v) is 23.6. The van der Waals surface area contributed by atoms with E-state index in [1.165, 1.54) is 63.1 Å². The van der Waals surface area contributed by atoms with Crippen molar-refractivity contribution < 1.29 is 19.5 Å². The Hall–Kier alpha value is -1.08. The summed E-state index contributed by atoms with van der Waals surface area (Å²) in [5.74, 6) is 1.35. The van der Waals surface area contributed by atoms with E-state index in [9.17, 15) is 19.5 Å². The van der Waals surface area contributed by atoms with Crippen molar-refractivity contribution in [3.63, 3.8) is 0 Å². The van der Waals surface area contributed by atoms with Gasteiger partial charge in [0.2, 0.25) is 11.8 Å². The van der Waals surface area contributed by atoms with Crippen LogP contribution in [0.3, 0.4) is 0 Å². The number of hydrogen-bond donors (Lipinski definition) is 3. The maximum Gasteiger partial charge on any atom is 0.249 e. The normalized spacial score (nSPS) is 18.2. The number of carbonyl (C=O) groups is 3. The van der Waals surface area contributed by atoms with E-state index >= 15 is 0 Å². The zero-order chi connectivity index (χ0) is 26.1. The summed E-state index contributed by atoms with van der Waals surface area (Å²) in [7, 11) is 0. The zero-order valence-electron chi connectivity index (χ0n) is 22.8. The quantitative estimate of drug-likeness (QED) is 0.174. The Bertz CT molecular complexity index is 626. The first kappa shape index (κ1) is 31.9. The molecular weight excluding hydrogens is 460 g/mol. The maximum atomic E-state index is 12.3. The van der Waals surface area contributed by atoms with Gasteiger partial charge in [0.05, 0.1) is 0 Å². The van der Waals surface area contributed by atoms with Crippen LogP contribution < -0.4 is 10.6 Å². The molecule has 0 aromatic heterocycles. The summed E-state index contributed by atoms with van der Waals surface area (Å²) in [6, 6.07) is 0. The van der Waals surface area contributed by atoms with Crippen LogP contribution >= 0.6 is 11.8 Å². The van der Waals surface area contributed by atoms with E-state index in [1.54, 1.807) is 0 Å². The van der Waals surface area contributed by atoms with Crippen LogP contribution in [0.4, 0.5) is 0 Å². The van der Waals surface area contributed by atoms with Gasteiger partial charge in [-0.3, -0.25) is 14.4 Å². The first-order chi connectivity index (χ1) is 16.7. The van der Waals surface area contributed by atoms with Gasteiger partial charge in [-0.05, 0) is 31.1 Å². The fraction of sp³-hybridized carbons (Fsp3) is 0.893. The van der Waals surface area contributed by atoms with Gasteiger partial charge in [-0.2, -0.15) is 0 Å². The van der Waals surface area contributed by atoms with Gasteiger partial charge in [0, 0.05) is 37.1 Å². The minimum atomic E-state index is -1.07. The highest BCUT2D eigenvalue weighted by molar-refractivity contribution is 8.13. The van der Waals surface area contributed by atoms with Crippen molar-refractivity contribution >= 4 is 28.7 Å². The number of rotatable bonds is 21. The van der Waals surface area contributed by atoms with E-state index in [-0.39, 0.29) is 24.0 Å². The van der Waals surface area contributed by atoms with Gasteiger partial charge < -0.3 is 15.7 Å².